The van der Waals surface area contributed by atoms with Crippen molar-refractivity contribution >= 4 is 23.2 Å². The topological polar surface area (TPSA) is 62.6 Å². The summed E-state index contributed by atoms with van der Waals surface area (Å²) < 4.78 is 18.9. The lowest BCUT2D eigenvalue weighted by Crippen LogP contribution is -2.28. The van der Waals surface area contributed by atoms with Gasteiger partial charge >= 0.3 is 0 Å². The van der Waals surface area contributed by atoms with E-state index in [1.807, 2.05) is 6.07 Å². The first-order valence-electron chi connectivity index (χ1n) is 8.17. The first-order chi connectivity index (χ1) is 12.6. The van der Waals surface area contributed by atoms with E-state index in [9.17, 15) is 14.0 Å². The number of furan rings is 1. The third-order valence-corrected chi connectivity index (χ3v) is 4.33. The molecule has 5 nitrogen and oxygen atoms in total. The zero-order valence-corrected chi connectivity index (χ0v) is 13.7. The van der Waals surface area contributed by atoms with E-state index in [-0.39, 0.29) is 17.2 Å². The number of benzene rings is 2. The van der Waals surface area contributed by atoms with Gasteiger partial charge in [-0.1, -0.05) is 18.2 Å². The minimum Gasteiger partial charge on any atom is -0.459 e. The van der Waals surface area contributed by atoms with E-state index in [0.29, 0.717) is 12.2 Å². The summed E-state index contributed by atoms with van der Waals surface area (Å²) in [6.07, 6.45) is 2.18. The van der Waals surface area contributed by atoms with E-state index >= 15 is 0 Å². The summed E-state index contributed by atoms with van der Waals surface area (Å²) >= 11 is 0. The third-order valence-electron chi connectivity index (χ3n) is 4.33. The van der Waals surface area contributed by atoms with Crippen LogP contribution in [0.15, 0.2) is 65.3 Å². The van der Waals surface area contributed by atoms with Crippen molar-refractivity contribution in [3.63, 3.8) is 0 Å². The molecular formula is C20H15FN2O3. The molecular weight excluding hydrogens is 335 g/mol. The van der Waals surface area contributed by atoms with Gasteiger partial charge in [-0.25, -0.2) is 4.39 Å². The summed E-state index contributed by atoms with van der Waals surface area (Å²) in [7, 11) is 0. The average Bonchev–Trinajstić information content (AvgIpc) is 3.31. The number of hydrogen-bond acceptors (Lipinski definition) is 3. The van der Waals surface area contributed by atoms with Crippen LogP contribution in [0.2, 0.25) is 0 Å². The predicted molar refractivity (Wildman–Crippen MR) is 94.9 cm³/mol. The highest BCUT2D eigenvalue weighted by Gasteiger charge is 2.27. The van der Waals surface area contributed by atoms with E-state index in [2.05, 4.69) is 5.32 Å². The standard InChI is InChI=1S/C20H15FN2O3/c21-16-5-2-1-4-15(16)19(24)22-14-8-7-13-9-10-23(17(13)12-14)20(25)18-6-3-11-26-18/h1-8,11-12H,9-10H2,(H,22,24). The third kappa shape index (κ3) is 2.86. The van der Waals surface area contributed by atoms with Crippen molar-refractivity contribution in [3.8, 4) is 0 Å². The van der Waals surface area contributed by atoms with Crippen LogP contribution in [0.1, 0.15) is 26.5 Å². The molecule has 6 heteroatoms. The van der Waals surface area contributed by atoms with Crippen molar-refractivity contribution < 1.29 is 18.4 Å². The van der Waals surface area contributed by atoms with Crippen molar-refractivity contribution in [3.05, 3.63) is 83.6 Å². The molecule has 1 aromatic heterocycles. The Morgan fingerprint density at radius 1 is 1.08 bits per heavy atom. The number of nitrogens with one attached hydrogen (secondary N) is 1. The fourth-order valence-electron chi connectivity index (χ4n) is 3.04. The molecule has 0 saturated heterocycles. The maximum Gasteiger partial charge on any atom is 0.293 e. The van der Waals surface area contributed by atoms with Crippen molar-refractivity contribution in [1.82, 2.24) is 0 Å². The smallest absolute Gasteiger partial charge is 0.293 e. The summed E-state index contributed by atoms with van der Waals surface area (Å²) in [5, 5.41) is 2.68. The van der Waals surface area contributed by atoms with Gasteiger partial charge in [0.15, 0.2) is 5.76 Å². The van der Waals surface area contributed by atoms with Crippen molar-refractivity contribution in [2.75, 3.05) is 16.8 Å². The van der Waals surface area contributed by atoms with Crippen LogP contribution in [-0.2, 0) is 6.42 Å². The van der Waals surface area contributed by atoms with Gasteiger partial charge in [0.05, 0.1) is 11.8 Å². The molecule has 2 heterocycles. The van der Waals surface area contributed by atoms with Crippen LogP contribution in [0.5, 0.6) is 0 Å². The van der Waals surface area contributed by atoms with Gasteiger partial charge < -0.3 is 14.6 Å². The first-order valence-corrected chi connectivity index (χ1v) is 8.17. The fourth-order valence-corrected chi connectivity index (χ4v) is 3.04. The molecule has 26 heavy (non-hydrogen) atoms. The Labute approximate surface area is 149 Å². The lowest BCUT2D eigenvalue weighted by Gasteiger charge is -2.17. The second kappa shape index (κ2) is 6.48. The van der Waals surface area contributed by atoms with Gasteiger partial charge in [-0.15, -0.1) is 0 Å². The summed E-state index contributed by atoms with van der Waals surface area (Å²) in [4.78, 5) is 26.5. The molecule has 0 fully saturated rings. The van der Waals surface area contributed by atoms with Gasteiger partial charge in [0, 0.05) is 17.9 Å². The van der Waals surface area contributed by atoms with Gasteiger partial charge in [0.25, 0.3) is 11.8 Å². The summed E-state index contributed by atoms with van der Waals surface area (Å²) in [6.45, 7) is 0.541. The predicted octanol–water partition coefficient (Wildman–Crippen LogP) is 3.87. The highest BCUT2D eigenvalue weighted by molar-refractivity contribution is 6.07. The SMILES string of the molecule is O=C(Nc1ccc2c(c1)N(C(=O)c1ccco1)CC2)c1ccccc1F. The molecule has 1 N–H and O–H groups in total. The molecule has 1 aliphatic heterocycles. The minimum absolute atomic E-state index is 0.0310. The molecule has 2 amide bonds. The molecule has 0 aliphatic carbocycles. The van der Waals surface area contributed by atoms with E-state index < -0.39 is 11.7 Å². The number of nitrogens with zero attached hydrogens (tertiary/aromatic N) is 1. The van der Waals surface area contributed by atoms with Gasteiger partial charge in [-0.05, 0) is 48.4 Å². The summed E-state index contributed by atoms with van der Waals surface area (Å²) in [5.41, 5.74) is 2.19. The van der Waals surface area contributed by atoms with Gasteiger partial charge in [0.2, 0.25) is 0 Å². The summed E-state index contributed by atoms with van der Waals surface area (Å²) in [5.74, 6) is -1.09. The molecule has 4 rings (SSSR count). The highest BCUT2D eigenvalue weighted by atomic mass is 19.1. The molecule has 0 saturated carbocycles. The van der Waals surface area contributed by atoms with Crippen LogP contribution >= 0.6 is 0 Å². The number of amides is 2. The zero-order chi connectivity index (χ0) is 18.1. The van der Waals surface area contributed by atoms with Crippen LogP contribution < -0.4 is 10.2 Å². The molecule has 0 atom stereocenters. The summed E-state index contributed by atoms with van der Waals surface area (Å²) in [6, 6.07) is 14.4. The van der Waals surface area contributed by atoms with E-state index in [1.54, 1.807) is 35.2 Å². The minimum atomic E-state index is -0.583. The lowest BCUT2D eigenvalue weighted by atomic mass is 10.1. The van der Waals surface area contributed by atoms with Crippen LogP contribution in [0, 0.1) is 5.82 Å². The Bertz CT molecular complexity index is 982. The second-order valence-corrected chi connectivity index (χ2v) is 5.96. The van der Waals surface area contributed by atoms with Gasteiger partial charge in [0.1, 0.15) is 5.82 Å². The Hall–Kier alpha value is -3.41. The molecule has 0 unspecified atom stereocenters. The van der Waals surface area contributed by atoms with E-state index in [1.165, 1.54) is 24.5 Å². The molecule has 2 aromatic carbocycles. The Kier molecular flexibility index (Phi) is 4.01. The van der Waals surface area contributed by atoms with Gasteiger partial charge in [-0.2, -0.15) is 0 Å². The molecule has 0 radical (unpaired) electrons. The molecule has 0 bridgehead atoms. The number of halogens is 1. The Balaban J connectivity index is 1.59. The number of fused-ring (bicyclic) bond motifs is 1. The van der Waals surface area contributed by atoms with Crippen LogP contribution in [0.4, 0.5) is 15.8 Å². The quantitative estimate of drug-likeness (QED) is 0.780. The maximum absolute atomic E-state index is 13.8. The number of hydrogen-bond donors (Lipinski definition) is 1. The zero-order valence-electron chi connectivity index (χ0n) is 13.7. The maximum atomic E-state index is 13.8. The van der Waals surface area contributed by atoms with Crippen molar-refractivity contribution in [2.45, 2.75) is 6.42 Å². The van der Waals surface area contributed by atoms with Gasteiger partial charge in [-0.3, -0.25) is 9.59 Å². The number of anilines is 2. The monoisotopic (exact) mass is 350 g/mol. The number of rotatable bonds is 3. The molecule has 130 valence electrons. The second-order valence-electron chi connectivity index (χ2n) is 5.96. The number of carbonyl (C=O) groups is 2. The van der Waals surface area contributed by atoms with E-state index in [4.69, 9.17) is 4.42 Å². The van der Waals surface area contributed by atoms with Crippen LogP contribution in [-0.4, -0.2) is 18.4 Å². The molecule has 1 aliphatic rings. The largest absolute Gasteiger partial charge is 0.459 e. The fraction of sp³-hybridized carbons (Fsp3) is 0.100. The van der Waals surface area contributed by atoms with Crippen LogP contribution in [0.25, 0.3) is 0 Å². The van der Waals surface area contributed by atoms with Crippen LogP contribution in [0.3, 0.4) is 0 Å². The number of carbonyl (C=O) groups excluding carboxylic acids is 2. The Morgan fingerprint density at radius 3 is 2.69 bits per heavy atom. The highest BCUT2D eigenvalue weighted by Crippen LogP contribution is 2.32. The molecule has 0 spiro atoms. The van der Waals surface area contributed by atoms with E-state index in [0.717, 1.165) is 17.7 Å². The first kappa shape index (κ1) is 16.1. The van der Waals surface area contributed by atoms with Crippen molar-refractivity contribution in [2.24, 2.45) is 0 Å². The lowest BCUT2D eigenvalue weighted by molar-refractivity contribution is 0.0962. The normalized spacial score (nSPS) is 12.7. The van der Waals surface area contributed by atoms with Crippen molar-refractivity contribution in [1.29, 1.82) is 0 Å². The Morgan fingerprint density at radius 2 is 1.92 bits per heavy atom. The molecule has 3 aromatic rings. The average molecular weight is 350 g/mol.